The zero-order chi connectivity index (χ0) is 30.2. The number of nitrogens with one attached hydrogen (secondary N) is 1. The van der Waals surface area contributed by atoms with Crippen LogP contribution in [0.3, 0.4) is 0 Å². The molecule has 1 unspecified atom stereocenters. The number of carbonyl (C=O) groups excluding carboxylic acids is 2. The molecule has 0 aliphatic rings. The molecule has 220 valence electrons. The van der Waals surface area contributed by atoms with E-state index >= 15 is 0 Å². The summed E-state index contributed by atoms with van der Waals surface area (Å²) in [5, 5.41) is 3.77. The number of amides is 2. The van der Waals surface area contributed by atoms with Crippen LogP contribution in [0.5, 0.6) is 5.75 Å². The van der Waals surface area contributed by atoms with E-state index in [1.165, 1.54) is 29.2 Å². The van der Waals surface area contributed by atoms with Crippen molar-refractivity contribution >= 4 is 50.7 Å². The summed E-state index contributed by atoms with van der Waals surface area (Å²) in [6.45, 7) is 7.55. The van der Waals surface area contributed by atoms with Gasteiger partial charge < -0.3 is 15.0 Å². The highest BCUT2D eigenvalue weighted by atomic mass is 35.5. The molecule has 0 fully saturated rings. The van der Waals surface area contributed by atoms with Crippen LogP contribution in [0.4, 0.5) is 5.69 Å². The van der Waals surface area contributed by atoms with Crippen molar-refractivity contribution in [1.29, 1.82) is 0 Å². The fraction of sp³-hybridized carbons (Fsp3) is 0.333. The molecule has 0 radical (unpaired) electrons. The van der Waals surface area contributed by atoms with Crippen LogP contribution in [-0.4, -0.2) is 50.9 Å². The van der Waals surface area contributed by atoms with Crippen LogP contribution in [0.1, 0.15) is 33.3 Å². The van der Waals surface area contributed by atoms with Gasteiger partial charge in [-0.15, -0.1) is 0 Å². The molecule has 0 aliphatic carbocycles. The summed E-state index contributed by atoms with van der Waals surface area (Å²) in [6, 6.07) is 18.3. The number of anilines is 1. The lowest BCUT2D eigenvalue weighted by Crippen LogP contribution is -2.51. The lowest BCUT2D eigenvalue weighted by Gasteiger charge is -2.32. The number of carbonyl (C=O) groups is 2. The predicted octanol–water partition coefficient (Wildman–Crippen LogP) is 5.78. The van der Waals surface area contributed by atoms with Crippen LogP contribution in [0.15, 0.2) is 77.7 Å². The first-order valence-electron chi connectivity index (χ1n) is 13.3. The van der Waals surface area contributed by atoms with Crippen molar-refractivity contribution in [2.45, 2.75) is 45.2 Å². The fourth-order valence-electron chi connectivity index (χ4n) is 4.01. The van der Waals surface area contributed by atoms with Crippen LogP contribution in [0, 0.1) is 5.92 Å². The van der Waals surface area contributed by atoms with Crippen molar-refractivity contribution in [2.75, 3.05) is 24.0 Å². The Bertz CT molecular complexity index is 1430. The molecule has 0 aromatic heterocycles. The molecule has 1 N–H and O–H groups in total. The molecule has 3 rings (SSSR count). The van der Waals surface area contributed by atoms with Crippen LogP contribution >= 0.6 is 23.2 Å². The molecule has 1 atom stereocenters. The number of para-hydroxylation sites is 2. The molecular formula is C30H35Cl2N3O5S. The molecule has 0 bridgehead atoms. The number of halogens is 2. The average Bonchev–Trinajstić information content (AvgIpc) is 2.94. The van der Waals surface area contributed by atoms with Crippen molar-refractivity contribution in [2.24, 2.45) is 5.92 Å². The maximum Gasteiger partial charge on any atom is 0.264 e. The molecule has 3 aromatic rings. The topological polar surface area (TPSA) is 96.0 Å². The number of sulfonamides is 1. The summed E-state index contributed by atoms with van der Waals surface area (Å²) >= 11 is 12.1. The van der Waals surface area contributed by atoms with Gasteiger partial charge in [-0.05, 0) is 73.9 Å². The van der Waals surface area contributed by atoms with E-state index in [4.69, 9.17) is 27.9 Å². The summed E-state index contributed by atoms with van der Waals surface area (Å²) in [7, 11) is -4.26. The van der Waals surface area contributed by atoms with Crippen LogP contribution in [0.25, 0.3) is 0 Å². The second-order valence-electron chi connectivity index (χ2n) is 9.83. The second-order valence-corrected chi connectivity index (χ2v) is 12.6. The predicted molar refractivity (Wildman–Crippen MR) is 163 cm³/mol. The molecule has 0 heterocycles. The monoisotopic (exact) mass is 619 g/mol. The van der Waals surface area contributed by atoms with Crippen LogP contribution in [-0.2, 0) is 26.2 Å². The standard InChI is InChI=1S/C30H35Cl2N3O5S/c1-5-40-28-9-7-6-8-27(28)35(41(38,39)26-16-14-25(32)15-17-26)20-29(36)34(19-23-10-12-24(31)13-11-23)22(4)30(37)33-18-21(2)3/h6-17,21-22H,5,18-20H2,1-4H3,(H,33,37). The SMILES string of the molecule is CCOc1ccccc1N(CC(=O)N(Cc1ccc(Cl)cc1)C(C)C(=O)NCC(C)C)S(=O)(=O)c1ccc(Cl)cc1. The zero-order valence-electron chi connectivity index (χ0n) is 23.5. The maximum absolute atomic E-state index is 14.0. The molecule has 0 aliphatic heterocycles. The number of hydrogen-bond acceptors (Lipinski definition) is 5. The van der Waals surface area contributed by atoms with Gasteiger partial charge in [0.2, 0.25) is 11.8 Å². The van der Waals surface area contributed by atoms with Crippen LogP contribution in [0.2, 0.25) is 10.0 Å². The largest absolute Gasteiger partial charge is 0.492 e. The van der Waals surface area contributed by atoms with Gasteiger partial charge in [0.15, 0.2) is 0 Å². The molecule has 0 spiro atoms. The van der Waals surface area contributed by atoms with E-state index < -0.39 is 28.5 Å². The molecule has 0 saturated carbocycles. The van der Waals surface area contributed by atoms with Gasteiger partial charge in [-0.1, -0.05) is 61.3 Å². The van der Waals surface area contributed by atoms with E-state index in [-0.39, 0.29) is 35.6 Å². The van der Waals surface area contributed by atoms with Crippen molar-refractivity contribution in [3.63, 3.8) is 0 Å². The first-order valence-corrected chi connectivity index (χ1v) is 15.4. The minimum atomic E-state index is -4.26. The lowest BCUT2D eigenvalue weighted by molar-refractivity contribution is -0.139. The average molecular weight is 621 g/mol. The Morgan fingerprint density at radius 1 is 0.902 bits per heavy atom. The highest BCUT2D eigenvalue weighted by Gasteiger charge is 2.33. The number of rotatable bonds is 13. The molecule has 3 aromatic carbocycles. The third-order valence-corrected chi connectivity index (χ3v) is 8.51. The minimum Gasteiger partial charge on any atom is -0.492 e. The van der Waals surface area contributed by atoms with Crippen molar-refractivity contribution in [3.05, 3.63) is 88.4 Å². The van der Waals surface area contributed by atoms with Crippen molar-refractivity contribution in [1.82, 2.24) is 10.2 Å². The normalized spacial score (nSPS) is 12.1. The Kier molecular flexibility index (Phi) is 11.5. The summed E-state index contributed by atoms with van der Waals surface area (Å²) in [5.41, 5.74) is 0.925. The smallest absolute Gasteiger partial charge is 0.264 e. The van der Waals surface area contributed by atoms with E-state index in [9.17, 15) is 18.0 Å². The summed E-state index contributed by atoms with van der Waals surface area (Å²) < 4.78 is 34.7. The van der Waals surface area contributed by atoms with Gasteiger partial charge in [0.05, 0.1) is 17.2 Å². The number of hydrogen-bond donors (Lipinski definition) is 1. The molecule has 8 nitrogen and oxygen atoms in total. The molecule has 2 amide bonds. The van der Waals surface area contributed by atoms with E-state index in [0.29, 0.717) is 22.3 Å². The summed E-state index contributed by atoms with van der Waals surface area (Å²) in [4.78, 5) is 28.4. The van der Waals surface area contributed by atoms with E-state index in [0.717, 1.165) is 9.87 Å². The van der Waals surface area contributed by atoms with Gasteiger partial charge in [-0.3, -0.25) is 13.9 Å². The Balaban J connectivity index is 2.06. The van der Waals surface area contributed by atoms with E-state index in [2.05, 4.69) is 5.32 Å². The van der Waals surface area contributed by atoms with Gasteiger partial charge in [-0.25, -0.2) is 8.42 Å². The quantitative estimate of drug-likeness (QED) is 0.262. The first-order chi connectivity index (χ1) is 19.4. The first kappa shape index (κ1) is 32.2. The molecule has 41 heavy (non-hydrogen) atoms. The Morgan fingerprint density at radius 2 is 1.49 bits per heavy atom. The van der Waals surface area contributed by atoms with Gasteiger partial charge in [0, 0.05) is 23.1 Å². The lowest BCUT2D eigenvalue weighted by atomic mass is 10.1. The highest BCUT2D eigenvalue weighted by Crippen LogP contribution is 2.33. The third-order valence-electron chi connectivity index (χ3n) is 6.23. The maximum atomic E-state index is 14.0. The third kappa shape index (κ3) is 8.61. The molecular weight excluding hydrogens is 585 g/mol. The van der Waals surface area contributed by atoms with E-state index in [1.807, 2.05) is 13.8 Å². The zero-order valence-corrected chi connectivity index (χ0v) is 25.8. The van der Waals surface area contributed by atoms with Crippen molar-refractivity contribution in [3.8, 4) is 5.75 Å². The van der Waals surface area contributed by atoms with Gasteiger partial charge in [-0.2, -0.15) is 0 Å². The second kappa shape index (κ2) is 14.6. The minimum absolute atomic E-state index is 0.0482. The van der Waals surface area contributed by atoms with Gasteiger partial charge in [0.25, 0.3) is 10.0 Å². The Hall–Kier alpha value is -3.27. The number of nitrogens with zero attached hydrogens (tertiary/aromatic N) is 2. The van der Waals surface area contributed by atoms with Gasteiger partial charge in [0.1, 0.15) is 18.3 Å². The highest BCUT2D eigenvalue weighted by molar-refractivity contribution is 7.92. The number of ether oxygens (including phenoxy) is 1. The van der Waals surface area contributed by atoms with Gasteiger partial charge >= 0.3 is 0 Å². The fourth-order valence-corrected chi connectivity index (χ4v) is 5.69. The number of benzene rings is 3. The molecule has 11 heteroatoms. The Morgan fingerprint density at radius 3 is 2.07 bits per heavy atom. The summed E-state index contributed by atoms with van der Waals surface area (Å²) in [5.74, 6) is -0.409. The Labute approximate surface area is 252 Å². The summed E-state index contributed by atoms with van der Waals surface area (Å²) in [6.07, 6.45) is 0. The van der Waals surface area contributed by atoms with E-state index in [1.54, 1.807) is 62.4 Å². The van der Waals surface area contributed by atoms with Crippen molar-refractivity contribution < 1.29 is 22.7 Å². The molecule has 0 saturated heterocycles. The van der Waals surface area contributed by atoms with Crippen LogP contribution < -0.4 is 14.4 Å².